The standard InChI is InChI=1S/C13H14N4/c1-7-11(13-12(14)8(2)16-17-13)9-5-3-4-6-10(9)15-7/h3-6,15H,14H2,1-2H3,(H,16,17). The molecule has 2 aromatic heterocycles. The second-order valence-electron chi connectivity index (χ2n) is 4.28. The van der Waals surface area contributed by atoms with Gasteiger partial charge in [0.1, 0.15) is 5.69 Å². The molecule has 0 spiro atoms. The van der Waals surface area contributed by atoms with Gasteiger partial charge in [-0.25, -0.2) is 0 Å². The summed E-state index contributed by atoms with van der Waals surface area (Å²) in [6, 6.07) is 8.18. The van der Waals surface area contributed by atoms with Crippen LogP contribution in [0.2, 0.25) is 0 Å². The van der Waals surface area contributed by atoms with Gasteiger partial charge in [-0.1, -0.05) is 18.2 Å². The van der Waals surface area contributed by atoms with Crippen LogP contribution >= 0.6 is 0 Å². The number of hydrogen-bond donors (Lipinski definition) is 3. The molecule has 0 aliphatic carbocycles. The van der Waals surface area contributed by atoms with Crippen molar-refractivity contribution < 1.29 is 0 Å². The molecule has 4 nitrogen and oxygen atoms in total. The summed E-state index contributed by atoms with van der Waals surface area (Å²) >= 11 is 0. The van der Waals surface area contributed by atoms with Crippen LogP contribution < -0.4 is 5.73 Å². The van der Waals surface area contributed by atoms with Crippen LogP contribution in [0.3, 0.4) is 0 Å². The summed E-state index contributed by atoms with van der Waals surface area (Å²) in [5.41, 5.74) is 11.8. The Kier molecular flexibility index (Phi) is 1.98. The van der Waals surface area contributed by atoms with Gasteiger partial charge in [-0.3, -0.25) is 5.10 Å². The molecule has 0 atom stereocenters. The number of nitrogens with one attached hydrogen (secondary N) is 2. The molecule has 0 saturated carbocycles. The van der Waals surface area contributed by atoms with Gasteiger partial charge in [0.25, 0.3) is 0 Å². The molecule has 3 aromatic rings. The SMILES string of the molecule is Cc1[nH]nc(-c2c(C)[nH]c3ccccc23)c1N. The molecule has 86 valence electrons. The maximum atomic E-state index is 6.05. The van der Waals surface area contributed by atoms with E-state index in [4.69, 9.17) is 5.73 Å². The second-order valence-corrected chi connectivity index (χ2v) is 4.28. The number of benzene rings is 1. The third-order valence-electron chi connectivity index (χ3n) is 3.12. The summed E-state index contributed by atoms with van der Waals surface area (Å²) in [7, 11) is 0. The Morgan fingerprint density at radius 2 is 1.88 bits per heavy atom. The minimum absolute atomic E-state index is 0.720. The van der Waals surface area contributed by atoms with Gasteiger partial charge in [0.2, 0.25) is 0 Å². The number of para-hydroxylation sites is 1. The Bertz CT molecular complexity index is 691. The Balaban J connectivity index is 2.37. The molecule has 3 rings (SSSR count). The first kappa shape index (κ1) is 9.96. The highest BCUT2D eigenvalue weighted by Crippen LogP contribution is 2.34. The van der Waals surface area contributed by atoms with E-state index in [1.54, 1.807) is 0 Å². The Labute approximate surface area is 98.8 Å². The smallest absolute Gasteiger partial charge is 0.118 e. The van der Waals surface area contributed by atoms with Gasteiger partial charge in [-0.15, -0.1) is 0 Å². The number of rotatable bonds is 1. The van der Waals surface area contributed by atoms with Crippen LogP contribution in [-0.2, 0) is 0 Å². The van der Waals surface area contributed by atoms with E-state index in [1.165, 1.54) is 0 Å². The van der Waals surface area contributed by atoms with E-state index in [0.717, 1.165) is 39.2 Å². The van der Waals surface area contributed by atoms with E-state index in [2.05, 4.69) is 27.3 Å². The van der Waals surface area contributed by atoms with Gasteiger partial charge >= 0.3 is 0 Å². The summed E-state index contributed by atoms with van der Waals surface area (Å²) in [4.78, 5) is 3.35. The van der Waals surface area contributed by atoms with Crippen molar-refractivity contribution in [3.8, 4) is 11.3 Å². The number of aromatic amines is 2. The maximum Gasteiger partial charge on any atom is 0.118 e. The Morgan fingerprint density at radius 1 is 1.12 bits per heavy atom. The molecule has 0 aliphatic rings. The summed E-state index contributed by atoms with van der Waals surface area (Å²) in [6.45, 7) is 3.97. The summed E-state index contributed by atoms with van der Waals surface area (Å²) < 4.78 is 0. The first-order valence-corrected chi connectivity index (χ1v) is 5.56. The zero-order valence-corrected chi connectivity index (χ0v) is 9.83. The lowest BCUT2D eigenvalue weighted by Gasteiger charge is -1.98. The van der Waals surface area contributed by atoms with E-state index >= 15 is 0 Å². The average Bonchev–Trinajstić information content (AvgIpc) is 2.80. The van der Waals surface area contributed by atoms with Crippen LogP contribution in [0.5, 0.6) is 0 Å². The van der Waals surface area contributed by atoms with Gasteiger partial charge in [0.15, 0.2) is 0 Å². The molecular formula is C13H14N4. The molecule has 0 radical (unpaired) electrons. The largest absolute Gasteiger partial charge is 0.395 e. The predicted molar refractivity (Wildman–Crippen MR) is 69.8 cm³/mol. The van der Waals surface area contributed by atoms with Gasteiger partial charge in [0.05, 0.1) is 11.4 Å². The number of hydrogen-bond acceptors (Lipinski definition) is 2. The molecule has 0 bridgehead atoms. The fourth-order valence-corrected chi connectivity index (χ4v) is 2.21. The van der Waals surface area contributed by atoms with Crippen molar-refractivity contribution in [3.05, 3.63) is 35.7 Å². The lowest BCUT2D eigenvalue weighted by molar-refractivity contribution is 1.05. The molecule has 0 aliphatic heterocycles. The molecule has 1 aromatic carbocycles. The molecule has 0 amide bonds. The van der Waals surface area contributed by atoms with Crippen LogP contribution in [0.25, 0.3) is 22.2 Å². The average molecular weight is 226 g/mol. The zero-order chi connectivity index (χ0) is 12.0. The molecule has 0 fully saturated rings. The molecular weight excluding hydrogens is 212 g/mol. The van der Waals surface area contributed by atoms with Crippen molar-refractivity contribution in [1.82, 2.24) is 15.2 Å². The number of aryl methyl sites for hydroxylation is 2. The highest BCUT2D eigenvalue weighted by Gasteiger charge is 2.16. The number of H-pyrrole nitrogens is 2. The third kappa shape index (κ3) is 1.34. The van der Waals surface area contributed by atoms with E-state index in [9.17, 15) is 0 Å². The lowest BCUT2D eigenvalue weighted by Crippen LogP contribution is -1.89. The van der Waals surface area contributed by atoms with Crippen molar-refractivity contribution in [2.24, 2.45) is 0 Å². The summed E-state index contributed by atoms with van der Waals surface area (Å²) in [6.07, 6.45) is 0. The number of anilines is 1. The lowest BCUT2D eigenvalue weighted by atomic mass is 10.1. The van der Waals surface area contributed by atoms with Crippen LogP contribution in [0.4, 0.5) is 5.69 Å². The topological polar surface area (TPSA) is 70.5 Å². The van der Waals surface area contributed by atoms with Gasteiger partial charge in [0, 0.05) is 22.2 Å². The molecule has 0 unspecified atom stereocenters. The molecule has 4 heteroatoms. The van der Waals surface area contributed by atoms with Gasteiger partial charge in [-0.05, 0) is 19.9 Å². The monoisotopic (exact) mass is 226 g/mol. The Morgan fingerprint density at radius 3 is 2.59 bits per heavy atom. The molecule has 17 heavy (non-hydrogen) atoms. The van der Waals surface area contributed by atoms with Crippen molar-refractivity contribution >= 4 is 16.6 Å². The third-order valence-corrected chi connectivity index (χ3v) is 3.12. The summed E-state index contributed by atoms with van der Waals surface area (Å²) in [5.74, 6) is 0. The van der Waals surface area contributed by atoms with Crippen molar-refractivity contribution in [2.45, 2.75) is 13.8 Å². The van der Waals surface area contributed by atoms with Crippen LogP contribution in [0.1, 0.15) is 11.4 Å². The molecule has 0 saturated heterocycles. The maximum absolute atomic E-state index is 6.05. The highest BCUT2D eigenvalue weighted by atomic mass is 15.1. The van der Waals surface area contributed by atoms with Crippen LogP contribution in [-0.4, -0.2) is 15.2 Å². The first-order valence-electron chi connectivity index (χ1n) is 5.56. The molecule has 4 N–H and O–H groups in total. The minimum atomic E-state index is 0.720. The highest BCUT2D eigenvalue weighted by molar-refractivity contribution is 5.99. The normalized spacial score (nSPS) is 11.2. The van der Waals surface area contributed by atoms with Crippen LogP contribution in [0, 0.1) is 13.8 Å². The number of fused-ring (bicyclic) bond motifs is 1. The fraction of sp³-hybridized carbons (Fsp3) is 0.154. The van der Waals surface area contributed by atoms with E-state index < -0.39 is 0 Å². The van der Waals surface area contributed by atoms with Crippen LogP contribution in [0.15, 0.2) is 24.3 Å². The zero-order valence-electron chi connectivity index (χ0n) is 9.83. The van der Waals surface area contributed by atoms with Gasteiger partial charge < -0.3 is 10.7 Å². The van der Waals surface area contributed by atoms with Crippen molar-refractivity contribution in [3.63, 3.8) is 0 Å². The second kappa shape index (κ2) is 3.38. The van der Waals surface area contributed by atoms with Crippen molar-refractivity contribution in [2.75, 3.05) is 5.73 Å². The van der Waals surface area contributed by atoms with E-state index in [0.29, 0.717) is 0 Å². The fourth-order valence-electron chi connectivity index (χ4n) is 2.21. The summed E-state index contributed by atoms with van der Waals surface area (Å²) in [5, 5.41) is 8.38. The number of nitrogens with zero attached hydrogens (tertiary/aromatic N) is 1. The Hall–Kier alpha value is -2.23. The van der Waals surface area contributed by atoms with Gasteiger partial charge in [-0.2, -0.15) is 5.10 Å². The van der Waals surface area contributed by atoms with Crippen molar-refractivity contribution in [1.29, 1.82) is 0 Å². The number of aromatic nitrogens is 3. The van der Waals surface area contributed by atoms with E-state index in [-0.39, 0.29) is 0 Å². The van der Waals surface area contributed by atoms with E-state index in [1.807, 2.05) is 26.0 Å². The number of nitrogens with two attached hydrogens (primary N) is 1. The molecule has 2 heterocycles. The predicted octanol–water partition coefficient (Wildman–Crippen LogP) is 2.76. The first-order chi connectivity index (χ1) is 8.18. The number of nitrogen functional groups attached to an aromatic ring is 1. The quantitative estimate of drug-likeness (QED) is 0.597. The minimum Gasteiger partial charge on any atom is -0.395 e.